The van der Waals surface area contributed by atoms with E-state index in [1.807, 2.05) is 42.5 Å². The highest BCUT2D eigenvalue weighted by atomic mass is 16.2. The summed E-state index contributed by atoms with van der Waals surface area (Å²) in [7, 11) is 0. The van der Waals surface area contributed by atoms with Crippen molar-refractivity contribution in [1.82, 2.24) is 36.6 Å². The van der Waals surface area contributed by atoms with Gasteiger partial charge in [0.25, 0.3) is 5.91 Å². The van der Waals surface area contributed by atoms with Crippen LogP contribution in [0.2, 0.25) is 0 Å². The zero-order valence-corrected chi connectivity index (χ0v) is 32.8. The van der Waals surface area contributed by atoms with Gasteiger partial charge in [0.2, 0.25) is 29.5 Å². The monoisotopic (exact) mass is 815 g/mol. The largest absolute Gasteiger partial charge is 0.370 e. The molecule has 1 aromatic heterocycles. The van der Waals surface area contributed by atoms with Crippen molar-refractivity contribution in [2.75, 3.05) is 13.1 Å². The van der Waals surface area contributed by atoms with Crippen molar-refractivity contribution >= 4 is 52.2 Å². The highest BCUT2D eigenvalue weighted by molar-refractivity contribution is 5.98. The number of H-pyrrole nitrogens is 1. The van der Waals surface area contributed by atoms with Crippen molar-refractivity contribution in [3.63, 3.8) is 0 Å². The van der Waals surface area contributed by atoms with Crippen molar-refractivity contribution in [3.8, 4) is 0 Å². The van der Waals surface area contributed by atoms with Gasteiger partial charge in [0.15, 0.2) is 5.96 Å². The maximum Gasteiger partial charge on any atom is 0.251 e. The molecule has 17 heteroatoms. The normalized spacial score (nSPS) is 12.8. The Morgan fingerprint density at radius 3 is 1.90 bits per heavy atom. The van der Waals surface area contributed by atoms with Gasteiger partial charge in [-0.1, -0.05) is 91.0 Å². The summed E-state index contributed by atoms with van der Waals surface area (Å²) in [5.41, 5.74) is 19.1. The maximum atomic E-state index is 14.2. The van der Waals surface area contributed by atoms with Crippen LogP contribution in [0.4, 0.5) is 0 Å². The number of benzene rings is 4. The standard InChI is InChI=1S/C43H49N11O6/c44-38(56)34(22-28-17-18-29-12-7-8-15-31(29)20-28)53-40(58)33(16-9-19-48-43(45)46)52-41(59)35(21-27-10-3-1-4-11-27)54-42(60)36(23-32-24-47-26-50-32)51-37(55)25-49-39(57)30-13-5-2-6-14-30/h1-8,10-15,17-18,20,24,26,33-36H,9,16,19,21-23,25H2,(H2,44,56)(H,47,50)(H,49,57)(H,51,55)(H,52,59)(H,53,58)(H,54,60)(H4,45,46,48)/t33-,34+,35+,36-/m0/s1. The molecular formula is C43H49N11O6. The smallest absolute Gasteiger partial charge is 0.251 e. The first-order valence-electron chi connectivity index (χ1n) is 19.3. The number of carbonyl (C=O) groups is 6. The first kappa shape index (κ1) is 43.6. The van der Waals surface area contributed by atoms with E-state index in [0.717, 1.165) is 16.3 Å². The molecule has 312 valence electrons. The average Bonchev–Trinajstić information content (AvgIpc) is 3.76. The number of aromatic amines is 1. The molecule has 0 bridgehead atoms. The predicted molar refractivity (Wildman–Crippen MR) is 226 cm³/mol. The number of hydrogen-bond donors (Lipinski definition) is 9. The molecule has 0 saturated heterocycles. The second kappa shape index (κ2) is 21.8. The fourth-order valence-electron chi connectivity index (χ4n) is 6.40. The van der Waals surface area contributed by atoms with E-state index in [2.05, 4.69) is 41.5 Å². The molecule has 4 aromatic carbocycles. The van der Waals surface area contributed by atoms with E-state index >= 15 is 0 Å². The van der Waals surface area contributed by atoms with Crippen LogP contribution in [0.3, 0.4) is 0 Å². The van der Waals surface area contributed by atoms with E-state index in [0.29, 0.717) is 16.8 Å². The van der Waals surface area contributed by atoms with Gasteiger partial charge in [0.05, 0.1) is 12.9 Å². The van der Waals surface area contributed by atoms with Gasteiger partial charge in [-0.15, -0.1) is 0 Å². The molecule has 0 unspecified atom stereocenters. The number of imidazole rings is 1. The molecule has 12 N–H and O–H groups in total. The number of aliphatic imine (C=N–C) groups is 1. The van der Waals surface area contributed by atoms with Crippen LogP contribution >= 0.6 is 0 Å². The Morgan fingerprint density at radius 1 is 0.633 bits per heavy atom. The number of nitrogens with two attached hydrogens (primary N) is 3. The fraction of sp³-hybridized carbons (Fsp3) is 0.256. The van der Waals surface area contributed by atoms with Gasteiger partial charge in [-0.3, -0.25) is 33.8 Å². The van der Waals surface area contributed by atoms with Crippen LogP contribution in [0.25, 0.3) is 10.8 Å². The Balaban J connectivity index is 1.33. The van der Waals surface area contributed by atoms with Crippen molar-refractivity contribution in [1.29, 1.82) is 0 Å². The predicted octanol–water partition coefficient (Wildman–Crippen LogP) is 0.499. The number of fused-ring (bicyclic) bond motifs is 1. The molecule has 1 heterocycles. The highest BCUT2D eigenvalue weighted by Crippen LogP contribution is 2.17. The molecule has 0 radical (unpaired) electrons. The molecule has 0 aliphatic carbocycles. The Hall–Kier alpha value is -7.56. The minimum atomic E-state index is -1.25. The number of primary amides is 1. The van der Waals surface area contributed by atoms with Crippen LogP contribution < -0.4 is 43.8 Å². The first-order valence-corrected chi connectivity index (χ1v) is 19.3. The van der Waals surface area contributed by atoms with Gasteiger partial charge in [-0.05, 0) is 46.9 Å². The topological polar surface area (TPSA) is 282 Å². The minimum absolute atomic E-state index is 0.00445. The molecule has 60 heavy (non-hydrogen) atoms. The van der Waals surface area contributed by atoms with Crippen LogP contribution in [-0.2, 0) is 43.2 Å². The number of hydrogen-bond acceptors (Lipinski definition) is 8. The van der Waals surface area contributed by atoms with E-state index in [1.54, 1.807) is 60.7 Å². The third-order valence-electron chi connectivity index (χ3n) is 9.48. The zero-order chi connectivity index (χ0) is 42.9. The van der Waals surface area contributed by atoms with Gasteiger partial charge >= 0.3 is 0 Å². The minimum Gasteiger partial charge on any atom is -0.370 e. The Kier molecular flexibility index (Phi) is 15.8. The molecule has 0 fully saturated rings. The van der Waals surface area contributed by atoms with E-state index in [1.165, 1.54) is 12.5 Å². The van der Waals surface area contributed by atoms with Gasteiger partial charge in [0, 0.05) is 43.3 Å². The summed E-state index contributed by atoms with van der Waals surface area (Å²) in [4.78, 5) is 91.5. The van der Waals surface area contributed by atoms with E-state index in [4.69, 9.17) is 17.2 Å². The first-order chi connectivity index (χ1) is 28.9. The van der Waals surface area contributed by atoms with Gasteiger partial charge in [-0.2, -0.15) is 0 Å². The molecule has 5 rings (SSSR count). The second-order valence-corrected chi connectivity index (χ2v) is 14.1. The fourth-order valence-corrected chi connectivity index (χ4v) is 6.40. The maximum absolute atomic E-state index is 14.2. The van der Waals surface area contributed by atoms with Crippen LogP contribution in [0.5, 0.6) is 0 Å². The molecule has 5 aromatic rings. The summed E-state index contributed by atoms with van der Waals surface area (Å²) < 4.78 is 0. The van der Waals surface area contributed by atoms with Crippen LogP contribution in [0.1, 0.15) is 40.0 Å². The lowest BCUT2D eigenvalue weighted by molar-refractivity contribution is -0.134. The lowest BCUT2D eigenvalue weighted by atomic mass is 10.0. The quantitative estimate of drug-likeness (QED) is 0.0283. The third-order valence-corrected chi connectivity index (χ3v) is 9.48. The van der Waals surface area contributed by atoms with Crippen molar-refractivity contribution in [2.45, 2.75) is 56.3 Å². The summed E-state index contributed by atoms with van der Waals surface area (Å²) in [6.07, 6.45) is 3.28. The average molecular weight is 816 g/mol. The summed E-state index contributed by atoms with van der Waals surface area (Å²) in [5.74, 6) is -4.20. The number of amides is 6. The van der Waals surface area contributed by atoms with Crippen molar-refractivity contribution in [2.24, 2.45) is 22.2 Å². The molecule has 6 amide bonds. The van der Waals surface area contributed by atoms with Crippen molar-refractivity contribution in [3.05, 3.63) is 138 Å². The van der Waals surface area contributed by atoms with Gasteiger partial charge < -0.3 is 48.8 Å². The number of rotatable bonds is 21. The summed E-state index contributed by atoms with van der Waals surface area (Å²) in [6, 6.07) is 25.8. The highest BCUT2D eigenvalue weighted by Gasteiger charge is 2.32. The molecule has 4 atom stereocenters. The van der Waals surface area contributed by atoms with Crippen molar-refractivity contribution < 1.29 is 28.8 Å². The number of nitrogens with one attached hydrogen (secondary N) is 6. The molecule has 0 spiro atoms. The molecular weight excluding hydrogens is 767 g/mol. The van der Waals surface area contributed by atoms with Crippen LogP contribution in [0, 0.1) is 0 Å². The SMILES string of the molecule is NC(=O)[C@@H](Cc1ccc2ccccc2c1)NC(=O)[C@H](CCCN=C(N)N)NC(=O)[C@@H](Cc1ccccc1)NC(=O)[C@H](Cc1cnc[nH]1)NC(=O)CNC(=O)c1ccccc1. The summed E-state index contributed by atoms with van der Waals surface area (Å²) >= 11 is 0. The van der Waals surface area contributed by atoms with E-state index in [9.17, 15) is 28.8 Å². The summed E-state index contributed by atoms with van der Waals surface area (Å²) in [5, 5.41) is 15.4. The molecule has 0 aliphatic heterocycles. The lowest BCUT2D eigenvalue weighted by Gasteiger charge is -2.26. The number of guanidine groups is 1. The Morgan fingerprint density at radius 2 is 1.23 bits per heavy atom. The van der Waals surface area contributed by atoms with E-state index < -0.39 is 66.2 Å². The zero-order valence-electron chi connectivity index (χ0n) is 32.8. The molecule has 0 saturated carbocycles. The van der Waals surface area contributed by atoms with Crippen LogP contribution in [-0.4, -0.2) is 88.6 Å². The van der Waals surface area contributed by atoms with Gasteiger partial charge in [-0.25, -0.2) is 4.98 Å². The molecule has 17 nitrogen and oxygen atoms in total. The van der Waals surface area contributed by atoms with Gasteiger partial charge in [0.1, 0.15) is 24.2 Å². The summed E-state index contributed by atoms with van der Waals surface area (Å²) in [6.45, 7) is -0.290. The lowest BCUT2D eigenvalue weighted by Crippen LogP contribution is -2.59. The van der Waals surface area contributed by atoms with E-state index in [-0.39, 0.29) is 44.6 Å². The van der Waals surface area contributed by atoms with Crippen LogP contribution in [0.15, 0.2) is 121 Å². The Labute approximate surface area is 346 Å². The number of nitrogens with zero attached hydrogens (tertiary/aromatic N) is 2. The third kappa shape index (κ3) is 13.5. The number of aromatic nitrogens is 2. The molecule has 0 aliphatic rings. The Bertz CT molecular complexity index is 2270. The second-order valence-electron chi connectivity index (χ2n) is 14.1. The number of carbonyl (C=O) groups excluding carboxylic acids is 6.